The number of carbonyl (C=O) groups excluding carboxylic acids is 1. The number of methoxy groups -OCH3 is 1. The van der Waals surface area contributed by atoms with E-state index in [1.165, 1.54) is 10.7 Å². The summed E-state index contributed by atoms with van der Waals surface area (Å²) in [6, 6.07) is 12.1. The van der Waals surface area contributed by atoms with E-state index >= 15 is 0 Å². The zero-order chi connectivity index (χ0) is 21.1. The van der Waals surface area contributed by atoms with Crippen molar-refractivity contribution in [3.05, 3.63) is 59.7 Å². The normalized spacial score (nSPS) is 15.6. The van der Waals surface area contributed by atoms with Gasteiger partial charge in [0, 0.05) is 5.69 Å². The number of aryl methyl sites for hydroxylation is 1. The van der Waals surface area contributed by atoms with Crippen molar-refractivity contribution >= 4 is 11.6 Å². The van der Waals surface area contributed by atoms with Crippen LogP contribution in [0.3, 0.4) is 0 Å². The van der Waals surface area contributed by atoms with E-state index in [9.17, 15) is 9.18 Å². The third-order valence-corrected chi connectivity index (χ3v) is 5.84. The number of aromatic nitrogens is 4. The molecule has 1 N–H and O–H groups in total. The largest absolute Gasteiger partial charge is 0.497 e. The molecule has 8 heteroatoms. The van der Waals surface area contributed by atoms with Crippen LogP contribution in [0.1, 0.15) is 43.5 Å². The molecule has 1 fully saturated rings. The molecule has 30 heavy (non-hydrogen) atoms. The molecule has 4 rings (SSSR count). The summed E-state index contributed by atoms with van der Waals surface area (Å²) in [7, 11) is 1.62. The van der Waals surface area contributed by atoms with Crippen molar-refractivity contribution in [2.45, 2.75) is 44.4 Å². The zero-order valence-electron chi connectivity index (χ0n) is 17.1. The molecule has 1 aliphatic carbocycles. The van der Waals surface area contributed by atoms with Gasteiger partial charge in [-0.05, 0) is 66.1 Å². The molecule has 1 aromatic heterocycles. The molecule has 0 aliphatic heterocycles. The first-order chi connectivity index (χ1) is 14.5. The minimum Gasteiger partial charge on any atom is -0.497 e. The smallest absolute Gasteiger partial charge is 0.235 e. The van der Waals surface area contributed by atoms with Gasteiger partial charge in [-0.3, -0.25) is 4.79 Å². The second-order valence-electron chi connectivity index (χ2n) is 7.63. The van der Waals surface area contributed by atoms with Crippen LogP contribution in [0, 0.1) is 12.7 Å². The molecule has 1 amide bonds. The lowest BCUT2D eigenvalue weighted by atomic mass is 9.68. The molecular weight excluding hydrogens is 385 g/mol. The number of anilines is 1. The van der Waals surface area contributed by atoms with E-state index in [2.05, 4.69) is 20.8 Å². The highest BCUT2D eigenvalue weighted by Crippen LogP contribution is 2.41. The fraction of sp³-hybridized carbons (Fsp3) is 0.364. The predicted molar refractivity (Wildman–Crippen MR) is 110 cm³/mol. The van der Waals surface area contributed by atoms with E-state index in [0.717, 1.165) is 43.4 Å². The molecule has 3 aromatic rings. The third-order valence-electron chi connectivity index (χ3n) is 5.84. The maximum atomic E-state index is 14.4. The van der Waals surface area contributed by atoms with Gasteiger partial charge in [-0.25, -0.2) is 4.39 Å². The summed E-state index contributed by atoms with van der Waals surface area (Å²) in [4.78, 5) is 13.5. The first-order valence-corrected chi connectivity index (χ1v) is 10.0. The van der Waals surface area contributed by atoms with Gasteiger partial charge in [-0.15, -0.1) is 5.10 Å². The van der Waals surface area contributed by atoms with Gasteiger partial charge < -0.3 is 10.1 Å². The number of tetrazole rings is 1. The van der Waals surface area contributed by atoms with E-state index in [4.69, 9.17) is 4.74 Å². The molecule has 1 aliphatic rings. The van der Waals surface area contributed by atoms with Gasteiger partial charge in [-0.1, -0.05) is 31.4 Å². The summed E-state index contributed by atoms with van der Waals surface area (Å²) in [5.41, 5.74) is 1.05. The number of rotatable bonds is 5. The van der Waals surface area contributed by atoms with Crippen LogP contribution in [-0.4, -0.2) is 33.2 Å². The molecule has 156 valence electrons. The monoisotopic (exact) mass is 409 g/mol. The Morgan fingerprint density at radius 1 is 1.13 bits per heavy atom. The van der Waals surface area contributed by atoms with Gasteiger partial charge in [0.05, 0.1) is 12.5 Å². The Bertz CT molecular complexity index is 1040. The first kappa shape index (κ1) is 20.0. The number of hydrogen-bond donors (Lipinski definition) is 1. The average molecular weight is 409 g/mol. The fourth-order valence-electron chi connectivity index (χ4n) is 4.17. The molecular formula is C22H24FN5O2. The number of amides is 1. The van der Waals surface area contributed by atoms with Crippen LogP contribution < -0.4 is 10.1 Å². The van der Waals surface area contributed by atoms with Crippen LogP contribution in [0.2, 0.25) is 0 Å². The topological polar surface area (TPSA) is 81.9 Å². The predicted octanol–water partition coefficient (Wildman–Crippen LogP) is 3.96. The Balaban J connectivity index is 1.65. The summed E-state index contributed by atoms with van der Waals surface area (Å²) >= 11 is 0. The molecule has 1 saturated carbocycles. The molecule has 0 spiro atoms. The number of halogens is 1. The second-order valence-corrected chi connectivity index (χ2v) is 7.63. The highest BCUT2D eigenvalue weighted by molar-refractivity contribution is 5.99. The van der Waals surface area contributed by atoms with Crippen LogP contribution in [0.25, 0.3) is 5.69 Å². The lowest BCUT2D eigenvalue weighted by molar-refractivity contribution is -0.122. The van der Waals surface area contributed by atoms with Crippen molar-refractivity contribution in [3.63, 3.8) is 0 Å². The van der Waals surface area contributed by atoms with Crippen LogP contribution in [0.4, 0.5) is 10.1 Å². The van der Waals surface area contributed by atoms with E-state index in [1.54, 1.807) is 26.2 Å². The summed E-state index contributed by atoms with van der Waals surface area (Å²) in [6.07, 6.45) is 4.62. The molecule has 0 radical (unpaired) electrons. The van der Waals surface area contributed by atoms with Crippen LogP contribution >= 0.6 is 0 Å². The summed E-state index contributed by atoms with van der Waals surface area (Å²) in [5, 5.41) is 14.2. The maximum absolute atomic E-state index is 14.4. The first-order valence-electron chi connectivity index (χ1n) is 10.0. The molecule has 1 heterocycles. The van der Waals surface area contributed by atoms with Crippen molar-refractivity contribution in [2.24, 2.45) is 0 Å². The van der Waals surface area contributed by atoms with Gasteiger partial charge >= 0.3 is 0 Å². The number of hydrogen-bond acceptors (Lipinski definition) is 5. The zero-order valence-corrected chi connectivity index (χ0v) is 17.1. The number of benzene rings is 2. The van der Waals surface area contributed by atoms with E-state index in [0.29, 0.717) is 11.5 Å². The number of ether oxygens (including phenoxy) is 1. The number of carbonyl (C=O) groups is 1. The van der Waals surface area contributed by atoms with E-state index < -0.39 is 11.2 Å². The van der Waals surface area contributed by atoms with E-state index in [1.807, 2.05) is 24.3 Å². The summed E-state index contributed by atoms with van der Waals surface area (Å²) < 4.78 is 20.9. The molecule has 2 aromatic carbocycles. The standard InChI is InChI=1S/C22H24FN5O2/c1-15-25-26-27-28(15)20-14-17(8-11-19(20)23)24-21(29)22(12-4-3-5-13-22)16-6-9-18(30-2)10-7-16/h6-11,14H,3-5,12-13H2,1-2H3,(H,24,29). The fourth-order valence-corrected chi connectivity index (χ4v) is 4.17. The van der Waals surface area contributed by atoms with Crippen molar-refractivity contribution in [1.29, 1.82) is 0 Å². The Kier molecular flexibility index (Phi) is 5.48. The number of nitrogens with zero attached hydrogens (tertiary/aromatic N) is 4. The summed E-state index contributed by atoms with van der Waals surface area (Å²) in [5.74, 6) is 0.661. The molecule has 0 atom stereocenters. The molecule has 7 nitrogen and oxygen atoms in total. The lowest BCUT2D eigenvalue weighted by Crippen LogP contribution is -2.42. The van der Waals surface area contributed by atoms with Crippen LogP contribution in [-0.2, 0) is 10.2 Å². The second kappa shape index (κ2) is 8.22. The Hall–Kier alpha value is -3.29. The minimum atomic E-state index is -0.621. The van der Waals surface area contributed by atoms with Crippen LogP contribution in [0.15, 0.2) is 42.5 Å². The van der Waals surface area contributed by atoms with Crippen molar-refractivity contribution in [3.8, 4) is 11.4 Å². The van der Waals surface area contributed by atoms with Crippen molar-refractivity contribution < 1.29 is 13.9 Å². The average Bonchev–Trinajstić information content (AvgIpc) is 3.21. The third kappa shape index (κ3) is 3.65. The van der Waals surface area contributed by atoms with Crippen LogP contribution in [0.5, 0.6) is 5.75 Å². The van der Waals surface area contributed by atoms with Crippen molar-refractivity contribution in [1.82, 2.24) is 20.2 Å². The van der Waals surface area contributed by atoms with Gasteiger partial charge in [0.2, 0.25) is 5.91 Å². The van der Waals surface area contributed by atoms with Gasteiger partial charge in [0.25, 0.3) is 0 Å². The molecule has 0 bridgehead atoms. The highest BCUT2D eigenvalue weighted by atomic mass is 19.1. The minimum absolute atomic E-state index is 0.0848. The Morgan fingerprint density at radius 3 is 2.50 bits per heavy atom. The lowest BCUT2D eigenvalue weighted by Gasteiger charge is -2.36. The Morgan fingerprint density at radius 2 is 1.87 bits per heavy atom. The Labute approximate surface area is 174 Å². The quantitative estimate of drug-likeness (QED) is 0.690. The highest BCUT2D eigenvalue weighted by Gasteiger charge is 2.41. The van der Waals surface area contributed by atoms with Gasteiger partial charge in [0.1, 0.15) is 17.3 Å². The summed E-state index contributed by atoms with van der Waals surface area (Å²) in [6.45, 7) is 1.69. The van der Waals surface area contributed by atoms with Crippen molar-refractivity contribution in [2.75, 3.05) is 12.4 Å². The van der Waals surface area contributed by atoms with E-state index in [-0.39, 0.29) is 11.6 Å². The van der Waals surface area contributed by atoms with Gasteiger partial charge in [-0.2, -0.15) is 4.68 Å². The molecule has 0 unspecified atom stereocenters. The maximum Gasteiger partial charge on any atom is 0.235 e. The van der Waals surface area contributed by atoms with Gasteiger partial charge in [0.15, 0.2) is 5.82 Å². The SMILES string of the molecule is COc1ccc(C2(C(=O)Nc3ccc(F)c(-n4nnnc4C)c3)CCCCC2)cc1. The molecule has 0 saturated heterocycles. The number of nitrogens with one attached hydrogen (secondary N) is 1.